The highest BCUT2D eigenvalue weighted by atomic mass is 16.4. The molecule has 0 saturated heterocycles. The first-order valence-electron chi connectivity index (χ1n) is 6.21. The maximum Gasteiger partial charge on any atom is 0.339 e. The van der Waals surface area contributed by atoms with E-state index in [1.54, 1.807) is 0 Å². The molecule has 0 aliphatic carbocycles. The summed E-state index contributed by atoms with van der Waals surface area (Å²) in [6, 6.07) is 9.89. The number of benzene rings is 1. The molecular weight excluding hydrogens is 240 g/mol. The van der Waals surface area contributed by atoms with Crippen LogP contribution in [-0.2, 0) is 6.42 Å². The summed E-state index contributed by atoms with van der Waals surface area (Å²) >= 11 is 0. The van der Waals surface area contributed by atoms with Gasteiger partial charge >= 0.3 is 5.97 Å². The maximum absolute atomic E-state index is 11.1. The van der Waals surface area contributed by atoms with Crippen LogP contribution in [0, 0.1) is 0 Å². The van der Waals surface area contributed by atoms with Gasteiger partial charge in [0.2, 0.25) is 0 Å². The van der Waals surface area contributed by atoms with Crippen molar-refractivity contribution in [1.82, 2.24) is 9.97 Å². The Morgan fingerprint density at radius 3 is 2.53 bits per heavy atom. The fourth-order valence-electron chi connectivity index (χ4n) is 1.90. The molecule has 2 rings (SSSR count). The molecule has 0 amide bonds. The summed E-state index contributed by atoms with van der Waals surface area (Å²) in [6.45, 7) is 3.86. The minimum absolute atomic E-state index is 0.0589. The van der Waals surface area contributed by atoms with Gasteiger partial charge in [-0.2, -0.15) is 0 Å². The van der Waals surface area contributed by atoms with E-state index in [1.165, 1.54) is 6.20 Å². The number of rotatable bonds is 4. The van der Waals surface area contributed by atoms with Gasteiger partial charge < -0.3 is 5.11 Å². The summed E-state index contributed by atoms with van der Waals surface area (Å²) in [6.07, 6.45) is 2.02. The second-order valence-electron chi connectivity index (χ2n) is 4.71. The van der Waals surface area contributed by atoms with Gasteiger partial charge in [-0.3, -0.25) is 0 Å². The van der Waals surface area contributed by atoms with Gasteiger partial charge in [0.1, 0.15) is 5.82 Å². The third-order valence-electron chi connectivity index (χ3n) is 2.85. The first-order valence-corrected chi connectivity index (χ1v) is 6.21. The zero-order valence-corrected chi connectivity index (χ0v) is 11.0. The van der Waals surface area contributed by atoms with E-state index >= 15 is 0 Å². The zero-order valence-electron chi connectivity index (χ0n) is 11.0. The van der Waals surface area contributed by atoms with Crippen LogP contribution < -0.4 is 0 Å². The van der Waals surface area contributed by atoms with Crippen molar-refractivity contribution in [2.45, 2.75) is 26.2 Å². The lowest BCUT2D eigenvalue weighted by Gasteiger charge is -2.10. The number of hydrogen-bond donors (Lipinski definition) is 1. The quantitative estimate of drug-likeness (QED) is 0.913. The molecule has 0 aliphatic rings. The van der Waals surface area contributed by atoms with E-state index in [4.69, 9.17) is 5.11 Å². The Balaban J connectivity index is 2.33. The number of carboxylic acid groups (broad SMARTS) is 1. The molecule has 0 spiro atoms. The van der Waals surface area contributed by atoms with Crippen LogP contribution in [0.4, 0.5) is 0 Å². The maximum atomic E-state index is 11.1. The lowest BCUT2D eigenvalue weighted by atomic mass is 10.0. The predicted molar refractivity (Wildman–Crippen MR) is 72.3 cm³/mol. The Morgan fingerprint density at radius 1 is 1.26 bits per heavy atom. The Bertz CT molecular complexity index is 580. The van der Waals surface area contributed by atoms with E-state index in [2.05, 4.69) is 9.97 Å². The van der Waals surface area contributed by atoms with Crippen molar-refractivity contribution in [2.75, 3.05) is 0 Å². The summed E-state index contributed by atoms with van der Waals surface area (Å²) in [4.78, 5) is 19.7. The second-order valence-corrected chi connectivity index (χ2v) is 4.71. The minimum atomic E-state index is -0.977. The molecule has 1 heterocycles. The number of aromatic nitrogens is 2. The van der Waals surface area contributed by atoms with Gasteiger partial charge in [-0.25, -0.2) is 14.8 Å². The van der Waals surface area contributed by atoms with Crippen molar-refractivity contribution in [3.8, 4) is 0 Å². The fraction of sp³-hybridized carbons (Fsp3) is 0.267. The van der Waals surface area contributed by atoms with Gasteiger partial charge in [0.05, 0.1) is 11.3 Å². The number of carbonyl (C=O) groups is 1. The standard InChI is InChI=1S/C15H16N2O2/c1-10(2)14-12(15(18)19)9-16-13(17-14)8-11-6-4-3-5-7-11/h3-7,9-10H,8H2,1-2H3,(H,18,19). The molecule has 0 unspecified atom stereocenters. The summed E-state index contributed by atoms with van der Waals surface area (Å²) in [5.74, 6) is -0.265. The van der Waals surface area contributed by atoms with Crippen LogP contribution in [0.25, 0.3) is 0 Å². The topological polar surface area (TPSA) is 63.1 Å². The second kappa shape index (κ2) is 5.61. The zero-order chi connectivity index (χ0) is 13.8. The molecule has 0 bridgehead atoms. The SMILES string of the molecule is CC(C)c1nc(Cc2ccccc2)ncc1C(=O)O. The Kier molecular flexibility index (Phi) is 3.90. The number of hydrogen-bond acceptors (Lipinski definition) is 3. The van der Waals surface area contributed by atoms with Crippen molar-refractivity contribution in [3.05, 3.63) is 59.2 Å². The average Bonchev–Trinajstić information content (AvgIpc) is 2.39. The average molecular weight is 256 g/mol. The summed E-state index contributed by atoms with van der Waals surface area (Å²) < 4.78 is 0. The highest BCUT2D eigenvalue weighted by Gasteiger charge is 2.16. The molecule has 1 N–H and O–H groups in total. The van der Waals surface area contributed by atoms with Gasteiger partial charge in [-0.15, -0.1) is 0 Å². The van der Waals surface area contributed by atoms with Crippen LogP contribution in [0.5, 0.6) is 0 Å². The van der Waals surface area contributed by atoms with Gasteiger partial charge in [0.15, 0.2) is 0 Å². The molecule has 2 aromatic rings. The monoisotopic (exact) mass is 256 g/mol. The third-order valence-corrected chi connectivity index (χ3v) is 2.85. The van der Waals surface area contributed by atoms with Crippen LogP contribution in [0.1, 0.15) is 47.2 Å². The van der Waals surface area contributed by atoms with Crippen molar-refractivity contribution in [2.24, 2.45) is 0 Å². The van der Waals surface area contributed by atoms with Crippen LogP contribution in [0.3, 0.4) is 0 Å². The molecular formula is C15H16N2O2. The number of carboxylic acids is 1. The van der Waals surface area contributed by atoms with Crippen LogP contribution in [-0.4, -0.2) is 21.0 Å². The Labute approximate surface area is 112 Å². The molecule has 0 aliphatic heterocycles. The van der Waals surface area contributed by atoms with Crippen molar-refractivity contribution >= 4 is 5.97 Å². The smallest absolute Gasteiger partial charge is 0.339 e. The molecule has 4 heteroatoms. The number of nitrogens with zero attached hydrogens (tertiary/aromatic N) is 2. The molecule has 1 aromatic carbocycles. The molecule has 1 aromatic heterocycles. The van der Waals surface area contributed by atoms with Crippen molar-refractivity contribution in [3.63, 3.8) is 0 Å². The summed E-state index contributed by atoms with van der Waals surface area (Å²) in [5.41, 5.74) is 1.89. The molecule has 4 nitrogen and oxygen atoms in total. The normalized spacial score (nSPS) is 10.7. The molecule has 0 atom stereocenters. The van der Waals surface area contributed by atoms with E-state index < -0.39 is 5.97 Å². The predicted octanol–water partition coefficient (Wildman–Crippen LogP) is 2.89. The Morgan fingerprint density at radius 2 is 1.95 bits per heavy atom. The lowest BCUT2D eigenvalue weighted by molar-refractivity contribution is 0.0694. The van der Waals surface area contributed by atoms with Gasteiger partial charge in [0, 0.05) is 12.6 Å². The highest BCUT2D eigenvalue weighted by Crippen LogP contribution is 2.17. The molecule has 0 saturated carbocycles. The third kappa shape index (κ3) is 3.16. The van der Waals surface area contributed by atoms with E-state index in [-0.39, 0.29) is 11.5 Å². The van der Waals surface area contributed by atoms with Crippen molar-refractivity contribution < 1.29 is 9.90 Å². The largest absolute Gasteiger partial charge is 0.478 e. The lowest BCUT2D eigenvalue weighted by Crippen LogP contribution is -2.10. The van der Waals surface area contributed by atoms with E-state index in [9.17, 15) is 4.79 Å². The van der Waals surface area contributed by atoms with E-state index in [0.717, 1.165) is 5.56 Å². The Hall–Kier alpha value is -2.23. The van der Waals surface area contributed by atoms with Gasteiger partial charge in [0.25, 0.3) is 0 Å². The minimum Gasteiger partial charge on any atom is -0.478 e. The van der Waals surface area contributed by atoms with Crippen LogP contribution in [0.15, 0.2) is 36.5 Å². The van der Waals surface area contributed by atoms with E-state index in [0.29, 0.717) is 17.9 Å². The molecule has 98 valence electrons. The first kappa shape index (κ1) is 13.2. The van der Waals surface area contributed by atoms with E-state index in [1.807, 2.05) is 44.2 Å². The molecule has 0 fully saturated rings. The first-order chi connectivity index (χ1) is 9.08. The fourth-order valence-corrected chi connectivity index (χ4v) is 1.90. The summed E-state index contributed by atoms with van der Waals surface area (Å²) in [7, 11) is 0. The van der Waals surface area contributed by atoms with Crippen LogP contribution >= 0.6 is 0 Å². The molecule has 0 radical (unpaired) electrons. The molecule has 19 heavy (non-hydrogen) atoms. The summed E-state index contributed by atoms with van der Waals surface area (Å²) in [5, 5.41) is 9.12. The van der Waals surface area contributed by atoms with Gasteiger partial charge in [-0.1, -0.05) is 44.2 Å². The van der Waals surface area contributed by atoms with Gasteiger partial charge in [-0.05, 0) is 11.5 Å². The highest BCUT2D eigenvalue weighted by molar-refractivity contribution is 5.88. The van der Waals surface area contributed by atoms with Crippen molar-refractivity contribution in [1.29, 1.82) is 0 Å². The van der Waals surface area contributed by atoms with Crippen LogP contribution in [0.2, 0.25) is 0 Å². The number of aromatic carboxylic acids is 1.